The van der Waals surface area contributed by atoms with Crippen LogP contribution in [0.1, 0.15) is 46.0 Å². The van der Waals surface area contributed by atoms with Crippen molar-refractivity contribution in [2.45, 2.75) is 38.1 Å². The summed E-state index contributed by atoms with van der Waals surface area (Å²) in [6, 6.07) is 9.46. The number of ketones is 1. The van der Waals surface area contributed by atoms with Crippen LogP contribution in [0.4, 0.5) is 0 Å². The van der Waals surface area contributed by atoms with Crippen molar-refractivity contribution in [2.75, 3.05) is 6.61 Å². The SMILES string of the molecule is CCOC(=O)c1c(C)[nH]c(C(=O)[C@@H](C)Sc2nnnn2-c2ccccc2)c1C. The Morgan fingerprint density at radius 2 is 1.96 bits per heavy atom. The summed E-state index contributed by atoms with van der Waals surface area (Å²) in [6.07, 6.45) is 0. The number of rotatable bonds is 7. The highest BCUT2D eigenvalue weighted by atomic mass is 32.2. The highest BCUT2D eigenvalue weighted by Crippen LogP contribution is 2.27. The number of hydrogen-bond acceptors (Lipinski definition) is 7. The van der Waals surface area contributed by atoms with Gasteiger partial charge < -0.3 is 9.72 Å². The van der Waals surface area contributed by atoms with E-state index in [0.29, 0.717) is 27.7 Å². The number of Topliss-reactive ketones (excluding diaryl/α,β-unsaturated/α-hetero) is 1. The number of nitrogens with one attached hydrogen (secondary N) is 1. The second-order valence-electron chi connectivity index (χ2n) is 6.18. The molecule has 0 amide bonds. The molecule has 2 heterocycles. The number of esters is 1. The lowest BCUT2D eigenvalue weighted by atomic mass is 10.1. The summed E-state index contributed by atoms with van der Waals surface area (Å²) < 4.78 is 6.68. The number of aromatic amines is 1. The first-order chi connectivity index (χ1) is 13.4. The van der Waals surface area contributed by atoms with Gasteiger partial charge in [-0.2, -0.15) is 4.68 Å². The van der Waals surface area contributed by atoms with Crippen LogP contribution in [0.3, 0.4) is 0 Å². The first kappa shape index (κ1) is 19.8. The van der Waals surface area contributed by atoms with E-state index >= 15 is 0 Å². The first-order valence-corrected chi connectivity index (χ1v) is 9.73. The number of ether oxygens (including phenoxy) is 1. The largest absolute Gasteiger partial charge is 0.462 e. The molecule has 0 saturated heterocycles. The van der Waals surface area contributed by atoms with Crippen molar-refractivity contribution in [2.24, 2.45) is 0 Å². The summed E-state index contributed by atoms with van der Waals surface area (Å²) in [5, 5.41) is 11.8. The number of carbonyl (C=O) groups excluding carboxylic acids is 2. The molecule has 0 unspecified atom stereocenters. The molecule has 0 bridgehead atoms. The molecule has 1 atom stereocenters. The maximum Gasteiger partial charge on any atom is 0.340 e. The van der Waals surface area contributed by atoms with Gasteiger partial charge in [0, 0.05) is 5.69 Å². The highest BCUT2D eigenvalue weighted by molar-refractivity contribution is 8.00. The Morgan fingerprint density at radius 3 is 2.64 bits per heavy atom. The Morgan fingerprint density at radius 1 is 1.25 bits per heavy atom. The number of para-hydroxylation sites is 1. The first-order valence-electron chi connectivity index (χ1n) is 8.85. The van der Waals surface area contributed by atoms with Gasteiger partial charge in [-0.15, -0.1) is 5.10 Å². The lowest BCUT2D eigenvalue weighted by molar-refractivity contribution is 0.0525. The third-order valence-corrected chi connectivity index (χ3v) is 5.29. The van der Waals surface area contributed by atoms with Crippen LogP contribution in [0.15, 0.2) is 35.5 Å². The third kappa shape index (κ3) is 3.84. The van der Waals surface area contributed by atoms with Gasteiger partial charge in [0.2, 0.25) is 5.16 Å². The van der Waals surface area contributed by atoms with Crippen LogP contribution in [-0.4, -0.2) is 48.8 Å². The molecular weight excluding hydrogens is 378 g/mol. The van der Waals surface area contributed by atoms with Gasteiger partial charge in [0.1, 0.15) is 0 Å². The number of carbonyl (C=O) groups is 2. The fourth-order valence-electron chi connectivity index (χ4n) is 2.90. The Kier molecular flexibility index (Phi) is 5.93. The fourth-order valence-corrected chi connectivity index (χ4v) is 3.77. The summed E-state index contributed by atoms with van der Waals surface area (Å²) in [4.78, 5) is 28.2. The van der Waals surface area contributed by atoms with Crippen molar-refractivity contribution in [3.8, 4) is 5.69 Å². The summed E-state index contributed by atoms with van der Waals surface area (Å²) in [6.45, 7) is 7.31. The number of nitrogens with zero attached hydrogens (tertiary/aromatic N) is 4. The van der Waals surface area contributed by atoms with Gasteiger partial charge in [-0.25, -0.2) is 4.79 Å². The number of tetrazole rings is 1. The van der Waals surface area contributed by atoms with Gasteiger partial charge in [-0.3, -0.25) is 4.79 Å². The third-order valence-electron chi connectivity index (χ3n) is 4.26. The maximum absolute atomic E-state index is 13.0. The average molecular weight is 399 g/mol. The van der Waals surface area contributed by atoms with E-state index in [1.165, 1.54) is 11.8 Å². The van der Waals surface area contributed by atoms with Gasteiger partial charge in [-0.05, 0) is 55.8 Å². The predicted octanol–water partition coefficient (Wildman–Crippen LogP) is 3.15. The zero-order valence-corrected chi connectivity index (χ0v) is 16.9. The minimum Gasteiger partial charge on any atom is -0.462 e. The number of hydrogen-bond donors (Lipinski definition) is 1. The lowest BCUT2D eigenvalue weighted by Crippen LogP contribution is -2.16. The smallest absolute Gasteiger partial charge is 0.340 e. The Hall–Kier alpha value is -2.94. The number of thioether (sulfide) groups is 1. The van der Waals surface area contributed by atoms with Crippen LogP contribution in [-0.2, 0) is 4.74 Å². The van der Waals surface area contributed by atoms with Crippen LogP contribution in [0.5, 0.6) is 0 Å². The van der Waals surface area contributed by atoms with E-state index in [2.05, 4.69) is 20.5 Å². The number of benzene rings is 1. The maximum atomic E-state index is 13.0. The van der Waals surface area contributed by atoms with Crippen molar-refractivity contribution in [1.29, 1.82) is 0 Å². The molecule has 0 aliphatic rings. The molecule has 0 radical (unpaired) electrons. The number of aromatic nitrogens is 5. The average Bonchev–Trinajstić information content (AvgIpc) is 3.26. The van der Waals surface area contributed by atoms with Gasteiger partial charge >= 0.3 is 5.97 Å². The van der Waals surface area contributed by atoms with Crippen LogP contribution in [0.2, 0.25) is 0 Å². The van der Waals surface area contributed by atoms with Gasteiger partial charge in [0.15, 0.2) is 5.78 Å². The van der Waals surface area contributed by atoms with E-state index in [4.69, 9.17) is 4.74 Å². The molecule has 3 rings (SSSR count). The Labute approximate surface area is 166 Å². The molecule has 0 spiro atoms. The van der Waals surface area contributed by atoms with E-state index in [1.54, 1.807) is 32.4 Å². The Bertz CT molecular complexity index is 996. The molecule has 0 aliphatic heterocycles. The number of H-pyrrole nitrogens is 1. The van der Waals surface area contributed by atoms with Crippen LogP contribution >= 0.6 is 11.8 Å². The van der Waals surface area contributed by atoms with Gasteiger partial charge in [-0.1, -0.05) is 30.0 Å². The zero-order chi connectivity index (χ0) is 20.3. The van der Waals surface area contributed by atoms with Crippen LogP contribution < -0.4 is 0 Å². The minimum atomic E-state index is -0.458. The molecule has 2 aromatic heterocycles. The van der Waals surface area contributed by atoms with E-state index in [1.807, 2.05) is 30.3 Å². The Balaban J connectivity index is 1.83. The summed E-state index contributed by atoms with van der Waals surface area (Å²) in [7, 11) is 0. The quantitative estimate of drug-likeness (QED) is 0.370. The molecule has 0 fully saturated rings. The predicted molar refractivity (Wildman–Crippen MR) is 105 cm³/mol. The number of aryl methyl sites for hydroxylation is 1. The summed E-state index contributed by atoms with van der Waals surface area (Å²) in [5.74, 6) is -0.565. The van der Waals surface area contributed by atoms with Crippen molar-refractivity contribution in [1.82, 2.24) is 25.2 Å². The summed E-state index contributed by atoms with van der Waals surface area (Å²) >= 11 is 1.26. The zero-order valence-electron chi connectivity index (χ0n) is 16.1. The minimum absolute atomic E-state index is 0.135. The molecule has 28 heavy (non-hydrogen) atoms. The lowest BCUT2D eigenvalue weighted by Gasteiger charge is -2.10. The molecular formula is C19H21N5O3S. The molecule has 9 heteroatoms. The topological polar surface area (TPSA) is 103 Å². The van der Waals surface area contributed by atoms with Gasteiger partial charge in [0.25, 0.3) is 0 Å². The molecule has 1 aromatic carbocycles. The van der Waals surface area contributed by atoms with E-state index in [-0.39, 0.29) is 12.4 Å². The molecule has 8 nitrogen and oxygen atoms in total. The molecule has 3 aromatic rings. The highest BCUT2D eigenvalue weighted by Gasteiger charge is 2.27. The molecule has 0 saturated carbocycles. The van der Waals surface area contributed by atoms with Crippen LogP contribution in [0, 0.1) is 13.8 Å². The molecule has 0 aliphatic carbocycles. The van der Waals surface area contributed by atoms with E-state index in [0.717, 1.165) is 5.69 Å². The standard InChI is InChI=1S/C19H21N5O3S/c1-5-27-18(26)15-11(2)16(20-12(15)3)17(25)13(4)28-19-21-22-23-24(19)14-9-7-6-8-10-14/h6-10,13,20H,5H2,1-4H3/t13-/m1/s1. The summed E-state index contributed by atoms with van der Waals surface area (Å²) in [5.41, 5.74) is 2.84. The van der Waals surface area contributed by atoms with Crippen LogP contribution in [0.25, 0.3) is 5.69 Å². The monoisotopic (exact) mass is 399 g/mol. The van der Waals surface area contributed by atoms with Crippen molar-refractivity contribution in [3.63, 3.8) is 0 Å². The molecule has 1 N–H and O–H groups in total. The fraction of sp³-hybridized carbons (Fsp3) is 0.316. The second kappa shape index (κ2) is 8.39. The normalized spacial score (nSPS) is 12.0. The van der Waals surface area contributed by atoms with Crippen molar-refractivity contribution in [3.05, 3.63) is 52.8 Å². The van der Waals surface area contributed by atoms with Crippen molar-refractivity contribution < 1.29 is 14.3 Å². The van der Waals surface area contributed by atoms with Crippen molar-refractivity contribution >= 4 is 23.5 Å². The van der Waals surface area contributed by atoms with E-state index < -0.39 is 11.2 Å². The second-order valence-corrected chi connectivity index (χ2v) is 7.49. The van der Waals surface area contributed by atoms with E-state index in [9.17, 15) is 9.59 Å². The molecule has 146 valence electrons. The van der Waals surface area contributed by atoms with Gasteiger partial charge in [0.05, 0.1) is 28.8 Å².